The van der Waals surface area contributed by atoms with Gasteiger partial charge in [-0.25, -0.2) is 4.98 Å². The van der Waals surface area contributed by atoms with Crippen molar-refractivity contribution < 1.29 is 0 Å². The molecule has 0 aliphatic heterocycles. The fourth-order valence-electron chi connectivity index (χ4n) is 1.61. The molecule has 0 aliphatic carbocycles. The van der Waals surface area contributed by atoms with E-state index in [9.17, 15) is 0 Å². The second-order valence-corrected chi connectivity index (χ2v) is 3.63. The summed E-state index contributed by atoms with van der Waals surface area (Å²) in [4.78, 5) is 4.38. The Balaban J connectivity index is 2.34. The minimum atomic E-state index is 0.576. The molecule has 0 radical (unpaired) electrons. The number of hydrogen-bond acceptors (Lipinski definition) is 3. The highest BCUT2D eigenvalue weighted by molar-refractivity contribution is 5.58. The van der Waals surface area contributed by atoms with Gasteiger partial charge in [0.25, 0.3) is 0 Å². The maximum Gasteiger partial charge on any atom is 0.168 e. The maximum absolute atomic E-state index is 9.11. The third-order valence-electron chi connectivity index (χ3n) is 2.46. The SMILES string of the molecule is CCCCNc1nc2ccccn2c1C#N. The van der Waals surface area contributed by atoms with Crippen molar-refractivity contribution in [2.45, 2.75) is 19.8 Å². The molecular weight excluding hydrogens is 200 g/mol. The number of hydrogen-bond donors (Lipinski definition) is 1. The van der Waals surface area contributed by atoms with Crippen molar-refractivity contribution in [3.8, 4) is 6.07 Å². The van der Waals surface area contributed by atoms with Gasteiger partial charge < -0.3 is 5.32 Å². The zero-order valence-electron chi connectivity index (χ0n) is 9.27. The van der Waals surface area contributed by atoms with E-state index in [-0.39, 0.29) is 0 Å². The van der Waals surface area contributed by atoms with Gasteiger partial charge in [0.2, 0.25) is 0 Å². The molecule has 2 rings (SSSR count). The third-order valence-corrected chi connectivity index (χ3v) is 2.46. The topological polar surface area (TPSA) is 53.1 Å². The molecule has 4 nitrogen and oxygen atoms in total. The lowest BCUT2D eigenvalue weighted by molar-refractivity contribution is 0.831. The van der Waals surface area contributed by atoms with Gasteiger partial charge in [-0.2, -0.15) is 5.26 Å². The molecule has 0 aromatic carbocycles. The Hall–Kier alpha value is -2.02. The monoisotopic (exact) mass is 214 g/mol. The van der Waals surface area contributed by atoms with Crippen molar-refractivity contribution in [3.63, 3.8) is 0 Å². The fourth-order valence-corrected chi connectivity index (χ4v) is 1.61. The van der Waals surface area contributed by atoms with Crippen LogP contribution >= 0.6 is 0 Å². The van der Waals surface area contributed by atoms with E-state index in [1.165, 1.54) is 0 Å². The average molecular weight is 214 g/mol. The average Bonchev–Trinajstić information content (AvgIpc) is 2.67. The van der Waals surface area contributed by atoms with Gasteiger partial charge in [-0.15, -0.1) is 0 Å². The second-order valence-electron chi connectivity index (χ2n) is 3.63. The highest BCUT2D eigenvalue weighted by Crippen LogP contribution is 2.16. The summed E-state index contributed by atoms with van der Waals surface area (Å²) in [6.45, 7) is 2.99. The molecule has 0 amide bonds. The molecule has 0 bridgehead atoms. The molecule has 0 saturated heterocycles. The van der Waals surface area contributed by atoms with Crippen molar-refractivity contribution in [3.05, 3.63) is 30.1 Å². The summed E-state index contributed by atoms with van der Waals surface area (Å²) in [5, 5.41) is 12.3. The predicted octanol–water partition coefficient (Wildman–Crippen LogP) is 2.42. The Morgan fingerprint density at radius 2 is 2.38 bits per heavy atom. The van der Waals surface area contributed by atoms with Gasteiger partial charge >= 0.3 is 0 Å². The number of nitriles is 1. The van der Waals surface area contributed by atoms with E-state index in [0.717, 1.165) is 25.0 Å². The van der Waals surface area contributed by atoms with Gasteiger partial charge in [0.15, 0.2) is 11.5 Å². The molecule has 2 aromatic rings. The van der Waals surface area contributed by atoms with E-state index in [1.54, 1.807) is 4.40 Å². The third kappa shape index (κ3) is 1.84. The summed E-state index contributed by atoms with van der Waals surface area (Å²) in [5.74, 6) is 0.683. The molecule has 0 spiro atoms. The lowest BCUT2D eigenvalue weighted by atomic mass is 10.3. The number of unbranched alkanes of at least 4 members (excludes halogenated alkanes) is 1. The van der Waals surface area contributed by atoms with E-state index in [0.29, 0.717) is 11.5 Å². The van der Waals surface area contributed by atoms with Crippen LogP contribution in [0.1, 0.15) is 25.5 Å². The van der Waals surface area contributed by atoms with Gasteiger partial charge in [-0.3, -0.25) is 4.40 Å². The van der Waals surface area contributed by atoms with Crippen molar-refractivity contribution in [2.75, 3.05) is 11.9 Å². The van der Waals surface area contributed by atoms with Gasteiger partial charge in [0.05, 0.1) is 0 Å². The fraction of sp³-hybridized carbons (Fsp3) is 0.333. The predicted molar refractivity (Wildman–Crippen MR) is 63.3 cm³/mol. The molecule has 16 heavy (non-hydrogen) atoms. The van der Waals surface area contributed by atoms with Gasteiger partial charge in [-0.05, 0) is 18.6 Å². The molecule has 0 unspecified atom stereocenters. The number of anilines is 1. The van der Waals surface area contributed by atoms with Crippen molar-refractivity contribution in [2.24, 2.45) is 0 Å². The van der Waals surface area contributed by atoms with Crippen molar-refractivity contribution in [1.82, 2.24) is 9.38 Å². The molecule has 0 fully saturated rings. The smallest absolute Gasteiger partial charge is 0.168 e. The van der Waals surface area contributed by atoms with Crippen LogP contribution in [0.2, 0.25) is 0 Å². The summed E-state index contributed by atoms with van der Waals surface area (Å²) in [6.07, 6.45) is 4.06. The minimum Gasteiger partial charge on any atom is -0.368 e. The first-order chi connectivity index (χ1) is 7.86. The molecule has 82 valence electrons. The number of pyridine rings is 1. The Kier molecular flexibility index (Phi) is 3.06. The highest BCUT2D eigenvalue weighted by atomic mass is 15.1. The molecule has 2 aromatic heterocycles. The molecular formula is C12H14N4. The van der Waals surface area contributed by atoms with Crippen LogP contribution in [0.4, 0.5) is 5.82 Å². The molecule has 0 saturated carbocycles. The molecule has 0 atom stereocenters. The van der Waals surface area contributed by atoms with Gasteiger partial charge in [-0.1, -0.05) is 19.4 Å². The van der Waals surface area contributed by atoms with Crippen molar-refractivity contribution in [1.29, 1.82) is 5.26 Å². The molecule has 0 aliphatic rings. The van der Waals surface area contributed by atoms with Crippen LogP contribution in [0.5, 0.6) is 0 Å². The van der Waals surface area contributed by atoms with Gasteiger partial charge in [0.1, 0.15) is 11.7 Å². The number of nitrogens with zero attached hydrogens (tertiary/aromatic N) is 3. The summed E-state index contributed by atoms with van der Waals surface area (Å²) in [5.41, 5.74) is 1.38. The molecule has 1 N–H and O–H groups in total. The number of imidazole rings is 1. The number of fused-ring (bicyclic) bond motifs is 1. The first-order valence-corrected chi connectivity index (χ1v) is 5.48. The summed E-state index contributed by atoms with van der Waals surface area (Å²) < 4.78 is 1.80. The van der Waals surface area contributed by atoms with E-state index in [4.69, 9.17) is 5.26 Å². The largest absolute Gasteiger partial charge is 0.368 e. The van der Waals surface area contributed by atoms with Crippen LogP contribution in [0.3, 0.4) is 0 Å². The standard InChI is InChI=1S/C12H14N4/c1-2-3-7-14-12-10(9-13)16-8-5-4-6-11(16)15-12/h4-6,8,14H,2-3,7H2,1H3. The first-order valence-electron chi connectivity index (χ1n) is 5.48. The zero-order valence-corrected chi connectivity index (χ0v) is 9.27. The van der Waals surface area contributed by atoms with E-state index >= 15 is 0 Å². The second kappa shape index (κ2) is 4.67. The van der Waals surface area contributed by atoms with E-state index in [1.807, 2.05) is 24.4 Å². The van der Waals surface area contributed by atoms with Crippen LogP contribution in [0.25, 0.3) is 5.65 Å². The van der Waals surface area contributed by atoms with Crippen LogP contribution in [-0.2, 0) is 0 Å². The Morgan fingerprint density at radius 3 is 3.12 bits per heavy atom. The summed E-state index contributed by atoms with van der Waals surface area (Å²) in [7, 11) is 0. The van der Waals surface area contributed by atoms with Crippen molar-refractivity contribution >= 4 is 11.5 Å². The minimum absolute atomic E-state index is 0.576. The first kappa shape index (κ1) is 10.5. The van der Waals surface area contributed by atoms with Crippen LogP contribution in [0, 0.1) is 11.3 Å². The van der Waals surface area contributed by atoms with Crippen LogP contribution in [-0.4, -0.2) is 15.9 Å². The lowest BCUT2D eigenvalue weighted by Crippen LogP contribution is -2.02. The number of aromatic nitrogens is 2. The lowest BCUT2D eigenvalue weighted by Gasteiger charge is -2.00. The Labute approximate surface area is 94.5 Å². The quantitative estimate of drug-likeness (QED) is 0.795. The highest BCUT2D eigenvalue weighted by Gasteiger charge is 2.09. The van der Waals surface area contributed by atoms with Crippen LogP contribution in [0.15, 0.2) is 24.4 Å². The maximum atomic E-state index is 9.11. The van der Waals surface area contributed by atoms with Crippen LogP contribution < -0.4 is 5.32 Å². The Bertz CT molecular complexity index is 521. The van der Waals surface area contributed by atoms with Gasteiger partial charge in [0, 0.05) is 12.7 Å². The summed E-state index contributed by atoms with van der Waals surface area (Å²) >= 11 is 0. The summed E-state index contributed by atoms with van der Waals surface area (Å²) in [6, 6.07) is 7.89. The van der Waals surface area contributed by atoms with E-state index in [2.05, 4.69) is 23.3 Å². The Morgan fingerprint density at radius 1 is 1.50 bits per heavy atom. The number of nitrogens with one attached hydrogen (secondary N) is 1. The molecule has 4 heteroatoms. The number of rotatable bonds is 4. The van der Waals surface area contributed by atoms with E-state index < -0.39 is 0 Å². The normalized spacial score (nSPS) is 10.2. The zero-order chi connectivity index (χ0) is 11.4. The molecule has 2 heterocycles.